The zero-order valence-corrected chi connectivity index (χ0v) is 22.3. The lowest BCUT2D eigenvalue weighted by atomic mass is 10.0. The van der Waals surface area contributed by atoms with Crippen molar-refractivity contribution in [1.29, 1.82) is 0 Å². The van der Waals surface area contributed by atoms with Gasteiger partial charge in [-0.15, -0.1) is 11.8 Å². The van der Waals surface area contributed by atoms with Crippen molar-refractivity contribution in [2.75, 3.05) is 51.0 Å². The first-order valence-electron chi connectivity index (χ1n) is 12.7. The standard InChI is InChI=1S/C27H31N5O5S/c1-3-36-26-21(15-28-19-5-7-24(35-2)31-25(19)26)37-13-12-32-10-8-18(9-11-32)29-27(34)17-4-6-22-20(14-17)30-23(33)16-38-22/h4-7,14-15,18H,3,8-13,16H2,1-2H3,(H,29,34)(H,30,33). The van der Waals surface area contributed by atoms with E-state index in [9.17, 15) is 9.59 Å². The molecule has 11 heteroatoms. The first-order chi connectivity index (χ1) is 18.5. The minimum absolute atomic E-state index is 0.0423. The van der Waals surface area contributed by atoms with Gasteiger partial charge in [-0.05, 0) is 44.0 Å². The molecule has 0 bridgehead atoms. The molecular weight excluding hydrogens is 506 g/mol. The summed E-state index contributed by atoms with van der Waals surface area (Å²) in [6, 6.07) is 9.18. The molecule has 2 aliphatic rings. The zero-order valence-electron chi connectivity index (χ0n) is 21.5. The van der Waals surface area contributed by atoms with Crippen LogP contribution in [-0.4, -0.2) is 78.4 Å². The number of hydrogen-bond donors (Lipinski definition) is 2. The summed E-state index contributed by atoms with van der Waals surface area (Å²) in [5.41, 5.74) is 2.59. The van der Waals surface area contributed by atoms with Gasteiger partial charge in [0.25, 0.3) is 5.91 Å². The van der Waals surface area contributed by atoms with Crippen molar-refractivity contribution in [3.05, 3.63) is 42.1 Å². The molecule has 0 spiro atoms. The van der Waals surface area contributed by atoms with Crippen LogP contribution < -0.4 is 24.8 Å². The van der Waals surface area contributed by atoms with Gasteiger partial charge in [-0.2, -0.15) is 0 Å². The van der Waals surface area contributed by atoms with Gasteiger partial charge in [0.05, 0.1) is 36.9 Å². The number of carbonyl (C=O) groups is 2. The molecule has 0 atom stereocenters. The highest BCUT2D eigenvalue weighted by Crippen LogP contribution is 2.34. The van der Waals surface area contributed by atoms with Gasteiger partial charge >= 0.3 is 0 Å². The van der Waals surface area contributed by atoms with Gasteiger partial charge in [0.1, 0.15) is 12.1 Å². The third-order valence-electron chi connectivity index (χ3n) is 6.57. The molecule has 0 unspecified atom stereocenters. The number of rotatable bonds is 9. The van der Waals surface area contributed by atoms with Gasteiger partial charge in [0.15, 0.2) is 11.5 Å². The normalized spacial score (nSPS) is 16.0. The molecule has 2 N–H and O–H groups in total. The smallest absolute Gasteiger partial charge is 0.251 e. The number of nitrogens with one attached hydrogen (secondary N) is 2. The van der Waals surface area contributed by atoms with Crippen molar-refractivity contribution in [3.63, 3.8) is 0 Å². The summed E-state index contributed by atoms with van der Waals surface area (Å²) in [4.78, 5) is 36.7. The molecule has 3 aromatic rings. The van der Waals surface area contributed by atoms with E-state index >= 15 is 0 Å². The fourth-order valence-electron chi connectivity index (χ4n) is 4.59. The van der Waals surface area contributed by atoms with Crippen molar-refractivity contribution in [3.8, 4) is 17.4 Å². The van der Waals surface area contributed by atoms with Crippen molar-refractivity contribution in [2.45, 2.75) is 30.7 Å². The Morgan fingerprint density at radius 3 is 2.84 bits per heavy atom. The molecule has 38 heavy (non-hydrogen) atoms. The lowest BCUT2D eigenvalue weighted by Crippen LogP contribution is -2.45. The summed E-state index contributed by atoms with van der Waals surface area (Å²) in [6.07, 6.45) is 3.39. The van der Waals surface area contributed by atoms with Crippen molar-refractivity contribution in [1.82, 2.24) is 20.2 Å². The van der Waals surface area contributed by atoms with E-state index in [1.54, 1.807) is 25.4 Å². The van der Waals surface area contributed by atoms with Crippen molar-refractivity contribution >= 4 is 40.3 Å². The molecule has 1 aromatic carbocycles. The number of pyridine rings is 2. The first kappa shape index (κ1) is 26.1. The number of methoxy groups -OCH3 is 1. The van der Waals surface area contributed by atoms with E-state index in [4.69, 9.17) is 14.2 Å². The van der Waals surface area contributed by atoms with Gasteiger partial charge < -0.3 is 24.8 Å². The molecule has 2 amide bonds. The van der Waals surface area contributed by atoms with Gasteiger partial charge in [-0.1, -0.05) is 0 Å². The van der Waals surface area contributed by atoms with Crippen LogP contribution in [0, 0.1) is 0 Å². The van der Waals surface area contributed by atoms with Crippen LogP contribution in [0.5, 0.6) is 17.4 Å². The average molecular weight is 538 g/mol. The molecular formula is C27H31N5O5S. The third-order valence-corrected chi connectivity index (χ3v) is 7.64. The second kappa shape index (κ2) is 11.9. The Morgan fingerprint density at radius 2 is 2.05 bits per heavy atom. The Kier molecular flexibility index (Phi) is 8.14. The summed E-state index contributed by atoms with van der Waals surface area (Å²) >= 11 is 1.48. The second-order valence-electron chi connectivity index (χ2n) is 9.09. The van der Waals surface area contributed by atoms with Gasteiger partial charge in [-0.3, -0.25) is 19.5 Å². The van der Waals surface area contributed by atoms with Crippen LogP contribution in [-0.2, 0) is 4.79 Å². The summed E-state index contributed by atoms with van der Waals surface area (Å²) in [6.45, 7) is 5.34. The summed E-state index contributed by atoms with van der Waals surface area (Å²) < 4.78 is 17.2. The Hall–Kier alpha value is -3.57. The van der Waals surface area contributed by atoms with Crippen LogP contribution >= 0.6 is 11.8 Å². The first-order valence-corrected chi connectivity index (χ1v) is 13.7. The Labute approximate surface area is 225 Å². The average Bonchev–Trinajstić information content (AvgIpc) is 2.94. The fourth-order valence-corrected chi connectivity index (χ4v) is 5.38. The Morgan fingerprint density at radius 1 is 1.21 bits per heavy atom. The lowest BCUT2D eigenvalue weighted by molar-refractivity contribution is -0.113. The highest BCUT2D eigenvalue weighted by Gasteiger charge is 2.23. The summed E-state index contributed by atoms with van der Waals surface area (Å²) in [5, 5.41) is 5.99. The number of fused-ring (bicyclic) bond motifs is 2. The maximum absolute atomic E-state index is 12.8. The fraction of sp³-hybridized carbons (Fsp3) is 0.407. The van der Waals surface area contributed by atoms with Crippen LogP contribution in [0.15, 0.2) is 41.4 Å². The second-order valence-corrected chi connectivity index (χ2v) is 10.1. The number of hydrogen-bond acceptors (Lipinski definition) is 9. The molecule has 4 heterocycles. The molecule has 1 saturated heterocycles. The largest absolute Gasteiger partial charge is 0.488 e. The number of ether oxygens (including phenoxy) is 3. The number of piperidine rings is 1. The minimum atomic E-state index is -0.114. The molecule has 0 saturated carbocycles. The monoisotopic (exact) mass is 537 g/mol. The van der Waals surface area contributed by atoms with Crippen LogP contribution in [0.4, 0.5) is 5.69 Å². The Balaban J connectivity index is 1.12. The van der Waals surface area contributed by atoms with E-state index in [1.807, 2.05) is 25.1 Å². The van der Waals surface area contributed by atoms with Crippen LogP contribution in [0.1, 0.15) is 30.1 Å². The number of nitrogens with zero attached hydrogens (tertiary/aromatic N) is 3. The number of benzene rings is 1. The van der Waals surface area contributed by atoms with Crippen molar-refractivity contribution in [2.24, 2.45) is 0 Å². The van der Waals surface area contributed by atoms with E-state index in [1.165, 1.54) is 11.8 Å². The maximum Gasteiger partial charge on any atom is 0.251 e. The summed E-state index contributed by atoms with van der Waals surface area (Å²) in [5.74, 6) is 1.86. The zero-order chi connectivity index (χ0) is 26.5. The van der Waals surface area contributed by atoms with Gasteiger partial charge in [0, 0.05) is 42.2 Å². The third kappa shape index (κ3) is 5.94. The van der Waals surface area contributed by atoms with Crippen LogP contribution in [0.2, 0.25) is 0 Å². The molecule has 0 radical (unpaired) electrons. The minimum Gasteiger partial charge on any atom is -0.488 e. The quantitative estimate of drug-likeness (QED) is 0.424. The van der Waals surface area contributed by atoms with E-state index in [-0.39, 0.29) is 17.9 Å². The van der Waals surface area contributed by atoms with E-state index in [0.717, 1.165) is 37.4 Å². The number of aromatic nitrogens is 2. The van der Waals surface area contributed by atoms with Gasteiger partial charge in [0.2, 0.25) is 11.8 Å². The molecule has 2 aromatic heterocycles. The van der Waals surface area contributed by atoms with Crippen LogP contribution in [0.3, 0.4) is 0 Å². The predicted molar refractivity (Wildman–Crippen MR) is 145 cm³/mol. The number of anilines is 1. The molecule has 0 aliphatic carbocycles. The molecule has 10 nitrogen and oxygen atoms in total. The lowest BCUT2D eigenvalue weighted by Gasteiger charge is -2.32. The molecule has 2 aliphatic heterocycles. The maximum atomic E-state index is 12.8. The van der Waals surface area contributed by atoms with E-state index < -0.39 is 0 Å². The van der Waals surface area contributed by atoms with E-state index in [2.05, 4.69) is 25.5 Å². The van der Waals surface area contributed by atoms with E-state index in [0.29, 0.717) is 58.6 Å². The number of carbonyl (C=O) groups excluding carboxylic acids is 2. The number of amides is 2. The van der Waals surface area contributed by atoms with Gasteiger partial charge in [-0.25, -0.2) is 4.98 Å². The Bertz CT molecular complexity index is 1330. The molecule has 200 valence electrons. The van der Waals surface area contributed by atoms with Crippen LogP contribution in [0.25, 0.3) is 11.0 Å². The summed E-state index contributed by atoms with van der Waals surface area (Å²) in [7, 11) is 1.57. The highest BCUT2D eigenvalue weighted by molar-refractivity contribution is 8.00. The topological polar surface area (TPSA) is 115 Å². The SMILES string of the molecule is CCOc1c(OCCN2CCC(NC(=O)c3ccc4c(c3)NC(=O)CS4)CC2)cnc2ccc(OC)nc12. The molecule has 5 rings (SSSR count). The molecule has 1 fully saturated rings. The number of likely N-dealkylation sites (tertiary alicyclic amines) is 1. The van der Waals surface area contributed by atoms with Crippen molar-refractivity contribution < 1.29 is 23.8 Å². The number of thioether (sulfide) groups is 1. The predicted octanol–water partition coefficient (Wildman–Crippen LogP) is 3.35. The highest BCUT2D eigenvalue weighted by atomic mass is 32.2.